The largest absolute Gasteiger partial charge is 0.325 e. The lowest BCUT2D eigenvalue weighted by atomic mass is 9.98. The molecule has 2 heterocycles. The van der Waals surface area contributed by atoms with Gasteiger partial charge in [0, 0.05) is 12.5 Å². The first-order chi connectivity index (χ1) is 12.9. The van der Waals surface area contributed by atoms with Gasteiger partial charge in [-0.05, 0) is 31.9 Å². The minimum atomic E-state index is -0.836. The van der Waals surface area contributed by atoms with E-state index in [1.54, 1.807) is 31.2 Å². The fourth-order valence-corrected chi connectivity index (χ4v) is 4.32. The first kappa shape index (κ1) is 17.5. The first-order valence-electron chi connectivity index (χ1n) is 9.26. The summed E-state index contributed by atoms with van der Waals surface area (Å²) in [7, 11) is 0. The van der Waals surface area contributed by atoms with Crippen molar-refractivity contribution < 1.29 is 19.2 Å². The van der Waals surface area contributed by atoms with E-state index in [4.69, 9.17) is 0 Å². The number of hydrogen-bond acceptors (Lipinski definition) is 4. The van der Waals surface area contributed by atoms with Crippen LogP contribution in [0.15, 0.2) is 24.3 Å². The van der Waals surface area contributed by atoms with Crippen LogP contribution < -0.4 is 15.5 Å². The Morgan fingerprint density at radius 3 is 2.63 bits per heavy atom. The van der Waals surface area contributed by atoms with Gasteiger partial charge in [-0.3, -0.25) is 19.3 Å². The van der Waals surface area contributed by atoms with Crippen molar-refractivity contribution in [3.63, 3.8) is 0 Å². The number of hydrogen-bond donors (Lipinski definition) is 2. The van der Waals surface area contributed by atoms with Crippen LogP contribution in [0, 0.1) is 0 Å². The maximum atomic E-state index is 13.1. The maximum absolute atomic E-state index is 13.1. The topological polar surface area (TPSA) is 98.8 Å². The van der Waals surface area contributed by atoms with Crippen molar-refractivity contribution >= 4 is 35.1 Å². The summed E-state index contributed by atoms with van der Waals surface area (Å²) in [6.07, 6.45) is 3.15. The molecule has 2 fully saturated rings. The number of carbonyl (C=O) groups excluding carboxylic acids is 4. The van der Waals surface area contributed by atoms with E-state index in [-0.39, 0.29) is 36.7 Å². The van der Waals surface area contributed by atoms with E-state index in [1.165, 1.54) is 4.90 Å². The van der Waals surface area contributed by atoms with E-state index in [0.29, 0.717) is 24.2 Å². The molecule has 0 radical (unpaired) electrons. The Balaban J connectivity index is 1.60. The molecule has 142 valence electrons. The summed E-state index contributed by atoms with van der Waals surface area (Å²) < 4.78 is 0. The minimum Gasteiger partial charge on any atom is -0.324 e. The molecule has 1 spiro atoms. The number of benzene rings is 1. The summed E-state index contributed by atoms with van der Waals surface area (Å²) in [5, 5.41) is 5.58. The number of urea groups is 1. The molecule has 1 saturated carbocycles. The molecule has 0 unspecified atom stereocenters. The summed E-state index contributed by atoms with van der Waals surface area (Å²) >= 11 is 0. The molecular formula is C19H22N4O4. The van der Waals surface area contributed by atoms with Crippen LogP contribution in [-0.4, -0.2) is 46.8 Å². The molecule has 4 rings (SSSR count). The van der Waals surface area contributed by atoms with Crippen LogP contribution in [0.4, 0.5) is 16.2 Å². The molecular weight excluding hydrogens is 348 g/mol. The van der Waals surface area contributed by atoms with Gasteiger partial charge in [0.1, 0.15) is 12.1 Å². The molecule has 0 aromatic heterocycles. The summed E-state index contributed by atoms with van der Waals surface area (Å²) in [6.45, 7) is 1.45. The van der Waals surface area contributed by atoms with Crippen LogP contribution in [0.2, 0.25) is 0 Å². The average molecular weight is 370 g/mol. The Hall–Kier alpha value is -2.90. The predicted molar refractivity (Wildman–Crippen MR) is 98.1 cm³/mol. The Morgan fingerprint density at radius 1 is 1.19 bits per heavy atom. The highest BCUT2D eigenvalue weighted by Crippen LogP contribution is 2.36. The Bertz CT molecular complexity index is 831. The second-order valence-electron chi connectivity index (χ2n) is 7.49. The van der Waals surface area contributed by atoms with Crippen molar-refractivity contribution in [1.29, 1.82) is 0 Å². The van der Waals surface area contributed by atoms with Crippen molar-refractivity contribution in [2.75, 3.05) is 16.8 Å². The van der Waals surface area contributed by atoms with Gasteiger partial charge in [-0.1, -0.05) is 25.0 Å². The lowest BCUT2D eigenvalue weighted by molar-refractivity contribution is -0.134. The minimum absolute atomic E-state index is 0.143. The van der Waals surface area contributed by atoms with Crippen molar-refractivity contribution in [2.45, 2.75) is 50.6 Å². The second kappa shape index (κ2) is 6.37. The lowest BCUT2D eigenvalue weighted by Crippen LogP contribution is -2.48. The Kier molecular flexibility index (Phi) is 4.13. The van der Waals surface area contributed by atoms with E-state index >= 15 is 0 Å². The molecule has 2 N–H and O–H groups in total. The van der Waals surface area contributed by atoms with Gasteiger partial charge < -0.3 is 15.5 Å². The number of nitrogens with one attached hydrogen (secondary N) is 2. The van der Waals surface area contributed by atoms with Gasteiger partial charge in [-0.15, -0.1) is 0 Å². The second-order valence-corrected chi connectivity index (χ2v) is 7.49. The van der Waals surface area contributed by atoms with Crippen LogP contribution >= 0.6 is 0 Å². The molecule has 1 saturated heterocycles. The van der Waals surface area contributed by atoms with E-state index in [1.807, 2.05) is 0 Å². The predicted octanol–water partition coefficient (Wildman–Crippen LogP) is 1.61. The average Bonchev–Trinajstić information content (AvgIpc) is 3.13. The standard InChI is InChI=1S/C19H22N4O4/c1-12-10-15(24)20-13-6-2-3-7-14(13)23(12)16(25)11-22-17(26)19(21-18(22)27)8-4-5-9-19/h2-3,6-7,12H,4-5,8-11H2,1H3,(H,20,24)(H,21,27)/t12-/m1/s1. The first-order valence-corrected chi connectivity index (χ1v) is 9.26. The SMILES string of the molecule is C[C@@H]1CC(=O)Nc2ccccc2N1C(=O)CN1C(=O)NC2(CCCC2)C1=O. The van der Waals surface area contributed by atoms with Crippen LogP contribution in [0.5, 0.6) is 0 Å². The number of amides is 5. The quantitative estimate of drug-likeness (QED) is 0.773. The van der Waals surface area contributed by atoms with Crippen LogP contribution in [0.3, 0.4) is 0 Å². The summed E-state index contributed by atoms with van der Waals surface area (Å²) in [4.78, 5) is 52.9. The third-order valence-electron chi connectivity index (χ3n) is 5.62. The third kappa shape index (κ3) is 2.85. The van der Waals surface area contributed by atoms with Crippen LogP contribution in [0.25, 0.3) is 0 Å². The zero-order valence-electron chi connectivity index (χ0n) is 15.2. The van der Waals surface area contributed by atoms with Crippen molar-refractivity contribution in [1.82, 2.24) is 10.2 Å². The van der Waals surface area contributed by atoms with E-state index in [2.05, 4.69) is 10.6 Å². The molecule has 1 aromatic rings. The highest BCUT2D eigenvalue weighted by Gasteiger charge is 2.53. The Morgan fingerprint density at radius 2 is 1.89 bits per heavy atom. The molecule has 1 aromatic carbocycles. The molecule has 1 aliphatic carbocycles. The molecule has 1 atom stereocenters. The van der Waals surface area contributed by atoms with Gasteiger partial charge in [-0.2, -0.15) is 0 Å². The summed E-state index contributed by atoms with van der Waals surface area (Å²) in [5.41, 5.74) is 0.283. The van der Waals surface area contributed by atoms with Crippen LogP contribution in [0.1, 0.15) is 39.0 Å². The van der Waals surface area contributed by atoms with Crippen molar-refractivity contribution in [3.8, 4) is 0 Å². The molecule has 27 heavy (non-hydrogen) atoms. The number of nitrogens with zero attached hydrogens (tertiary/aromatic N) is 2. The van der Waals surface area contributed by atoms with Crippen LogP contribution in [-0.2, 0) is 14.4 Å². The Labute approximate surface area is 156 Å². The molecule has 8 heteroatoms. The molecule has 0 bridgehead atoms. The maximum Gasteiger partial charge on any atom is 0.325 e. The number of fused-ring (bicyclic) bond motifs is 1. The highest BCUT2D eigenvalue weighted by molar-refractivity contribution is 6.12. The number of imide groups is 1. The third-order valence-corrected chi connectivity index (χ3v) is 5.62. The number of carbonyl (C=O) groups is 4. The van der Waals surface area contributed by atoms with Gasteiger partial charge in [-0.25, -0.2) is 4.79 Å². The fourth-order valence-electron chi connectivity index (χ4n) is 4.32. The number of anilines is 2. The smallest absolute Gasteiger partial charge is 0.324 e. The number of rotatable bonds is 2. The van der Waals surface area contributed by atoms with Gasteiger partial charge in [0.15, 0.2) is 0 Å². The van der Waals surface area contributed by atoms with E-state index in [0.717, 1.165) is 17.7 Å². The molecule has 3 aliphatic rings. The normalized spacial score (nSPS) is 23.9. The zero-order chi connectivity index (χ0) is 19.2. The lowest BCUT2D eigenvalue weighted by Gasteiger charge is -2.29. The van der Waals surface area contributed by atoms with Gasteiger partial charge in [0.2, 0.25) is 11.8 Å². The van der Waals surface area contributed by atoms with E-state index < -0.39 is 11.6 Å². The zero-order valence-corrected chi connectivity index (χ0v) is 15.2. The summed E-state index contributed by atoms with van der Waals surface area (Å²) in [5.74, 6) is -0.876. The van der Waals surface area contributed by atoms with Gasteiger partial charge >= 0.3 is 6.03 Å². The highest BCUT2D eigenvalue weighted by atomic mass is 16.2. The van der Waals surface area contributed by atoms with E-state index in [9.17, 15) is 19.2 Å². The molecule has 8 nitrogen and oxygen atoms in total. The monoisotopic (exact) mass is 370 g/mol. The van der Waals surface area contributed by atoms with Crippen molar-refractivity contribution in [3.05, 3.63) is 24.3 Å². The van der Waals surface area contributed by atoms with Gasteiger partial charge in [0.25, 0.3) is 5.91 Å². The van der Waals surface area contributed by atoms with Crippen molar-refractivity contribution in [2.24, 2.45) is 0 Å². The fraction of sp³-hybridized carbons (Fsp3) is 0.474. The summed E-state index contributed by atoms with van der Waals surface area (Å²) in [6, 6.07) is 6.14. The number of para-hydroxylation sites is 2. The molecule has 5 amide bonds. The van der Waals surface area contributed by atoms with Gasteiger partial charge in [0.05, 0.1) is 11.4 Å². The molecule has 2 aliphatic heterocycles.